The number of carbonyl (C=O) groups is 1. The number of carbonyl (C=O) groups excluding carboxylic acids is 1. The van der Waals surface area contributed by atoms with Crippen LogP contribution in [0.2, 0.25) is 5.02 Å². The summed E-state index contributed by atoms with van der Waals surface area (Å²) in [6.07, 6.45) is 2.05. The van der Waals surface area contributed by atoms with E-state index in [1.54, 1.807) is 30.5 Å². The third-order valence-electron chi connectivity index (χ3n) is 3.35. The fourth-order valence-electron chi connectivity index (χ4n) is 2.23. The zero-order valence-electron chi connectivity index (χ0n) is 13.6. The number of ether oxygens (including phenoxy) is 1. The SMILES string of the molecule is O=C([O-])c1ccc(Cc2cc(Cl)ccc2OCc2ccccn2)o1.[Na+]. The van der Waals surface area contributed by atoms with Gasteiger partial charge >= 0.3 is 29.6 Å². The molecule has 0 amide bonds. The van der Waals surface area contributed by atoms with E-state index < -0.39 is 5.97 Å². The number of pyridine rings is 1. The Morgan fingerprint density at radius 1 is 1.20 bits per heavy atom. The van der Waals surface area contributed by atoms with Gasteiger partial charge in [0.2, 0.25) is 0 Å². The summed E-state index contributed by atoms with van der Waals surface area (Å²) in [7, 11) is 0. The first-order valence-electron chi connectivity index (χ1n) is 7.23. The number of hydrogen-bond acceptors (Lipinski definition) is 5. The summed E-state index contributed by atoms with van der Waals surface area (Å²) < 4.78 is 11.0. The Kier molecular flexibility index (Phi) is 7.08. The summed E-state index contributed by atoms with van der Waals surface area (Å²) in [5.74, 6) is -0.433. The Bertz CT molecular complexity index is 851. The Hall–Kier alpha value is -1.79. The van der Waals surface area contributed by atoms with Gasteiger partial charge in [-0.25, -0.2) is 0 Å². The number of halogens is 1. The molecule has 0 bridgehead atoms. The molecule has 0 aliphatic heterocycles. The average molecular weight is 366 g/mol. The molecular weight excluding hydrogens is 353 g/mol. The number of nitrogens with zero attached hydrogens (tertiary/aromatic N) is 1. The number of carboxylic acids is 1. The van der Waals surface area contributed by atoms with Crippen LogP contribution in [0.1, 0.15) is 27.6 Å². The van der Waals surface area contributed by atoms with Crippen LogP contribution in [0.4, 0.5) is 0 Å². The summed E-state index contributed by atoms with van der Waals surface area (Å²) in [5.41, 5.74) is 1.59. The van der Waals surface area contributed by atoms with Crippen LogP contribution in [0.3, 0.4) is 0 Å². The van der Waals surface area contributed by atoms with E-state index in [0.29, 0.717) is 29.6 Å². The predicted molar refractivity (Wildman–Crippen MR) is 85.9 cm³/mol. The van der Waals surface area contributed by atoms with Crippen molar-refractivity contribution in [2.24, 2.45) is 0 Å². The molecule has 25 heavy (non-hydrogen) atoms. The molecule has 7 heteroatoms. The Morgan fingerprint density at radius 3 is 2.72 bits per heavy atom. The molecule has 3 aromatic rings. The van der Waals surface area contributed by atoms with E-state index in [1.807, 2.05) is 18.2 Å². The van der Waals surface area contributed by atoms with Crippen molar-refractivity contribution in [1.82, 2.24) is 4.98 Å². The Labute approximate surface area is 171 Å². The molecule has 2 aromatic heterocycles. The van der Waals surface area contributed by atoms with Crippen LogP contribution >= 0.6 is 11.6 Å². The van der Waals surface area contributed by atoms with Gasteiger partial charge in [0.25, 0.3) is 0 Å². The van der Waals surface area contributed by atoms with E-state index in [-0.39, 0.29) is 35.3 Å². The van der Waals surface area contributed by atoms with Gasteiger partial charge in [-0.2, -0.15) is 0 Å². The minimum absolute atomic E-state index is 0. The molecule has 122 valence electrons. The molecule has 0 N–H and O–H groups in total. The topological polar surface area (TPSA) is 75.4 Å². The predicted octanol–water partition coefficient (Wildman–Crippen LogP) is -0.135. The minimum atomic E-state index is -1.35. The Morgan fingerprint density at radius 2 is 2.04 bits per heavy atom. The van der Waals surface area contributed by atoms with Crippen molar-refractivity contribution in [2.75, 3.05) is 0 Å². The first kappa shape index (κ1) is 19.5. The summed E-state index contributed by atoms with van der Waals surface area (Å²) in [6.45, 7) is 0.317. The third-order valence-corrected chi connectivity index (χ3v) is 3.59. The van der Waals surface area contributed by atoms with E-state index in [2.05, 4.69) is 4.98 Å². The number of carboxylic acid groups (broad SMARTS) is 1. The van der Waals surface area contributed by atoms with Crippen LogP contribution in [0.15, 0.2) is 59.1 Å². The first-order chi connectivity index (χ1) is 11.6. The van der Waals surface area contributed by atoms with Crippen molar-refractivity contribution in [3.63, 3.8) is 0 Å². The van der Waals surface area contributed by atoms with Gasteiger partial charge in [-0.3, -0.25) is 4.98 Å². The van der Waals surface area contributed by atoms with Crippen LogP contribution in [0.25, 0.3) is 0 Å². The maximum atomic E-state index is 10.8. The number of aromatic carboxylic acids is 1. The van der Waals surface area contributed by atoms with Gasteiger partial charge in [-0.05, 0) is 42.5 Å². The smallest absolute Gasteiger partial charge is 0.542 e. The summed E-state index contributed by atoms with van der Waals surface area (Å²) in [5, 5.41) is 11.3. The van der Waals surface area contributed by atoms with Gasteiger partial charge in [-0.1, -0.05) is 17.7 Å². The summed E-state index contributed by atoms with van der Waals surface area (Å²) >= 11 is 6.05. The molecule has 0 atom stereocenters. The second kappa shape index (κ2) is 9.06. The van der Waals surface area contributed by atoms with Gasteiger partial charge in [0, 0.05) is 23.2 Å². The Balaban J connectivity index is 0.00000225. The normalized spacial score (nSPS) is 10.1. The second-order valence-corrected chi connectivity index (χ2v) is 5.53. The zero-order chi connectivity index (χ0) is 16.9. The van der Waals surface area contributed by atoms with Crippen LogP contribution in [-0.2, 0) is 13.0 Å². The molecule has 0 saturated carbocycles. The molecule has 0 aliphatic carbocycles. The van der Waals surface area contributed by atoms with Crippen molar-refractivity contribution in [3.8, 4) is 5.75 Å². The number of hydrogen-bond donors (Lipinski definition) is 0. The van der Waals surface area contributed by atoms with E-state index in [1.165, 1.54) is 6.07 Å². The quantitative estimate of drug-likeness (QED) is 0.569. The molecule has 0 saturated heterocycles. The number of aromatic nitrogens is 1. The first-order valence-corrected chi connectivity index (χ1v) is 7.61. The van der Waals surface area contributed by atoms with Crippen molar-refractivity contribution in [2.45, 2.75) is 13.0 Å². The van der Waals surface area contributed by atoms with Crippen molar-refractivity contribution in [1.29, 1.82) is 0 Å². The van der Waals surface area contributed by atoms with Gasteiger partial charge in [0.05, 0.1) is 5.69 Å². The maximum absolute atomic E-state index is 10.8. The molecule has 0 aliphatic rings. The zero-order valence-corrected chi connectivity index (χ0v) is 16.3. The largest absolute Gasteiger partial charge is 1.00 e. The molecule has 0 radical (unpaired) electrons. The van der Waals surface area contributed by atoms with Gasteiger partial charge in [0.15, 0.2) is 0 Å². The van der Waals surface area contributed by atoms with E-state index >= 15 is 0 Å². The third kappa shape index (κ3) is 5.34. The summed E-state index contributed by atoms with van der Waals surface area (Å²) in [6, 6.07) is 13.8. The average Bonchev–Trinajstić information content (AvgIpc) is 3.04. The molecule has 3 rings (SSSR count). The van der Waals surface area contributed by atoms with Crippen LogP contribution < -0.4 is 39.4 Å². The van der Waals surface area contributed by atoms with E-state index in [0.717, 1.165) is 11.3 Å². The molecule has 1 aromatic carbocycles. The molecule has 2 heterocycles. The molecule has 0 unspecified atom stereocenters. The van der Waals surface area contributed by atoms with Crippen LogP contribution in [0.5, 0.6) is 5.75 Å². The number of benzene rings is 1. The van der Waals surface area contributed by atoms with Crippen molar-refractivity contribution in [3.05, 3.63) is 82.5 Å². The molecule has 0 fully saturated rings. The van der Waals surface area contributed by atoms with Crippen molar-refractivity contribution >= 4 is 17.6 Å². The molecule has 0 spiro atoms. The van der Waals surface area contributed by atoms with Gasteiger partial charge in [-0.15, -0.1) is 0 Å². The molecular formula is C18H13ClNNaO4. The minimum Gasteiger partial charge on any atom is -0.542 e. The number of rotatable bonds is 6. The van der Waals surface area contributed by atoms with E-state index in [9.17, 15) is 9.90 Å². The maximum Gasteiger partial charge on any atom is 1.00 e. The van der Waals surface area contributed by atoms with Crippen LogP contribution in [0, 0.1) is 0 Å². The fraction of sp³-hybridized carbons (Fsp3) is 0.111. The van der Waals surface area contributed by atoms with Gasteiger partial charge in [0.1, 0.15) is 29.8 Å². The van der Waals surface area contributed by atoms with E-state index in [4.69, 9.17) is 20.8 Å². The standard InChI is InChI=1S/C18H14ClNO4.Na/c19-13-4-6-16(23-11-14-3-1-2-8-20-14)12(9-13)10-15-5-7-17(24-15)18(21)22;/h1-9H,10-11H2,(H,21,22);/q;+1/p-1. The molecule has 5 nitrogen and oxygen atoms in total. The second-order valence-electron chi connectivity index (χ2n) is 5.09. The summed E-state index contributed by atoms with van der Waals surface area (Å²) in [4.78, 5) is 15.0. The number of furan rings is 1. The van der Waals surface area contributed by atoms with Gasteiger partial charge < -0.3 is 19.1 Å². The monoisotopic (exact) mass is 365 g/mol. The van der Waals surface area contributed by atoms with Crippen LogP contribution in [-0.4, -0.2) is 11.0 Å². The van der Waals surface area contributed by atoms with Crippen molar-refractivity contribution < 1.29 is 48.6 Å². The fourth-order valence-corrected chi connectivity index (χ4v) is 2.43.